The number of nitrogens with zero attached hydrogens (tertiary/aromatic N) is 3. The second-order valence-electron chi connectivity index (χ2n) is 4.63. The molecule has 1 atom stereocenters. The van der Waals surface area contributed by atoms with E-state index < -0.39 is 0 Å². The van der Waals surface area contributed by atoms with Gasteiger partial charge in [0.05, 0.1) is 17.9 Å². The Morgan fingerprint density at radius 2 is 2.18 bits per heavy atom. The number of hydrogen-bond donors (Lipinski definition) is 1. The van der Waals surface area contributed by atoms with Crippen molar-refractivity contribution in [3.05, 3.63) is 18.3 Å². The van der Waals surface area contributed by atoms with Crippen LogP contribution in [-0.4, -0.2) is 41.5 Å². The number of hydrogen-bond acceptors (Lipinski definition) is 4. The lowest BCUT2D eigenvalue weighted by Crippen LogP contribution is -2.54. The molecule has 0 radical (unpaired) electrons. The molecule has 0 aliphatic carbocycles. The maximum atomic E-state index is 12.3. The van der Waals surface area contributed by atoms with Gasteiger partial charge in [-0.25, -0.2) is 4.98 Å². The Morgan fingerprint density at radius 3 is 2.94 bits per heavy atom. The lowest BCUT2D eigenvalue weighted by atomic mass is 10.1. The lowest BCUT2D eigenvalue weighted by molar-refractivity contribution is -0.124. The van der Waals surface area contributed by atoms with E-state index in [0.29, 0.717) is 5.82 Å². The first kappa shape index (κ1) is 10.5. The van der Waals surface area contributed by atoms with Crippen molar-refractivity contribution in [3.8, 4) is 0 Å². The van der Waals surface area contributed by atoms with Gasteiger partial charge >= 0.3 is 0 Å². The molecule has 2 aliphatic heterocycles. The van der Waals surface area contributed by atoms with Crippen molar-refractivity contribution in [1.29, 1.82) is 0 Å². The average molecular weight is 232 g/mol. The third-order valence-corrected chi connectivity index (χ3v) is 3.61. The van der Waals surface area contributed by atoms with E-state index in [1.807, 2.05) is 11.0 Å². The number of piperazine rings is 1. The van der Waals surface area contributed by atoms with Gasteiger partial charge in [-0.3, -0.25) is 9.69 Å². The monoisotopic (exact) mass is 232 g/mol. The van der Waals surface area contributed by atoms with Crippen LogP contribution in [0.25, 0.3) is 0 Å². The lowest BCUT2D eigenvalue weighted by Gasteiger charge is -2.36. The summed E-state index contributed by atoms with van der Waals surface area (Å²) in [5.74, 6) is 0.695. The van der Waals surface area contributed by atoms with Gasteiger partial charge in [-0.1, -0.05) is 0 Å². The normalized spacial score (nSPS) is 25.1. The highest BCUT2D eigenvalue weighted by Crippen LogP contribution is 2.26. The second-order valence-corrected chi connectivity index (χ2v) is 4.63. The number of amides is 1. The molecule has 5 nitrogen and oxygen atoms in total. The molecule has 0 aromatic carbocycles. The van der Waals surface area contributed by atoms with Gasteiger partial charge in [0, 0.05) is 13.1 Å². The maximum Gasteiger partial charge on any atom is 0.244 e. The Kier molecular flexibility index (Phi) is 2.48. The summed E-state index contributed by atoms with van der Waals surface area (Å²) in [6.45, 7) is 2.77. The Labute approximate surface area is 100 Å². The van der Waals surface area contributed by atoms with E-state index in [2.05, 4.69) is 9.88 Å². The molecule has 0 saturated carbocycles. The van der Waals surface area contributed by atoms with Crippen LogP contribution in [0, 0.1) is 0 Å². The third kappa shape index (κ3) is 1.76. The largest absolute Gasteiger partial charge is 0.384 e. The van der Waals surface area contributed by atoms with Gasteiger partial charge in [0.15, 0.2) is 0 Å². The number of nitrogen functional groups attached to an aromatic ring is 1. The van der Waals surface area contributed by atoms with Crippen molar-refractivity contribution < 1.29 is 4.79 Å². The Morgan fingerprint density at radius 1 is 1.29 bits per heavy atom. The van der Waals surface area contributed by atoms with Crippen molar-refractivity contribution >= 4 is 17.4 Å². The summed E-state index contributed by atoms with van der Waals surface area (Å²) >= 11 is 0. The summed E-state index contributed by atoms with van der Waals surface area (Å²) < 4.78 is 0. The van der Waals surface area contributed by atoms with Gasteiger partial charge in [-0.15, -0.1) is 0 Å². The predicted molar refractivity (Wildman–Crippen MR) is 65.6 cm³/mol. The van der Waals surface area contributed by atoms with Crippen molar-refractivity contribution in [1.82, 2.24) is 9.88 Å². The summed E-state index contributed by atoms with van der Waals surface area (Å²) in [6.07, 6.45) is 3.79. The molecule has 3 heterocycles. The highest BCUT2D eigenvalue weighted by atomic mass is 16.2. The molecule has 1 aromatic heterocycles. The van der Waals surface area contributed by atoms with Crippen molar-refractivity contribution in [2.24, 2.45) is 0 Å². The molecule has 0 unspecified atom stereocenters. The van der Waals surface area contributed by atoms with Crippen molar-refractivity contribution in [2.75, 3.05) is 30.3 Å². The predicted octanol–water partition coefficient (Wildman–Crippen LogP) is 0.475. The van der Waals surface area contributed by atoms with Crippen LogP contribution in [0.5, 0.6) is 0 Å². The van der Waals surface area contributed by atoms with Crippen molar-refractivity contribution in [2.45, 2.75) is 18.9 Å². The van der Waals surface area contributed by atoms with Gasteiger partial charge < -0.3 is 10.6 Å². The topological polar surface area (TPSA) is 62.5 Å². The minimum absolute atomic E-state index is 0.0845. The number of carbonyl (C=O) groups is 1. The number of rotatable bonds is 1. The average Bonchev–Trinajstić information content (AvgIpc) is 2.80. The number of pyridine rings is 1. The molecule has 0 bridgehead atoms. The fourth-order valence-electron chi connectivity index (χ4n) is 2.71. The fourth-order valence-corrected chi connectivity index (χ4v) is 2.71. The van der Waals surface area contributed by atoms with Crippen molar-refractivity contribution in [3.63, 3.8) is 0 Å². The zero-order chi connectivity index (χ0) is 11.8. The number of aromatic nitrogens is 1. The van der Waals surface area contributed by atoms with Gasteiger partial charge in [-0.2, -0.15) is 0 Å². The number of fused-ring (bicyclic) bond motifs is 1. The minimum atomic E-state index is 0.0845. The molecule has 3 rings (SSSR count). The van der Waals surface area contributed by atoms with Crippen LogP contribution in [0.3, 0.4) is 0 Å². The Hall–Kier alpha value is -1.62. The van der Waals surface area contributed by atoms with Crippen LogP contribution < -0.4 is 10.6 Å². The van der Waals surface area contributed by atoms with E-state index in [4.69, 9.17) is 5.73 Å². The van der Waals surface area contributed by atoms with E-state index in [9.17, 15) is 4.79 Å². The summed E-state index contributed by atoms with van der Waals surface area (Å²) in [4.78, 5) is 20.5. The summed E-state index contributed by atoms with van der Waals surface area (Å²) in [5.41, 5.74) is 6.41. The zero-order valence-corrected chi connectivity index (χ0v) is 9.67. The highest BCUT2D eigenvalue weighted by molar-refractivity contribution is 5.98. The molecule has 1 aromatic rings. The first-order valence-corrected chi connectivity index (χ1v) is 6.02. The first-order chi connectivity index (χ1) is 8.25. The maximum absolute atomic E-state index is 12.3. The molecule has 2 aliphatic rings. The summed E-state index contributed by atoms with van der Waals surface area (Å²) in [5, 5.41) is 0. The van der Waals surface area contributed by atoms with Crippen LogP contribution in [0.1, 0.15) is 12.8 Å². The number of carbonyl (C=O) groups excluding carboxylic acids is 1. The second kappa shape index (κ2) is 4.00. The molecular weight excluding hydrogens is 216 g/mol. The quantitative estimate of drug-likeness (QED) is 0.764. The van der Waals surface area contributed by atoms with Crippen LogP contribution in [0.15, 0.2) is 18.3 Å². The van der Waals surface area contributed by atoms with Crippen LogP contribution in [-0.2, 0) is 4.79 Å². The molecule has 2 fully saturated rings. The van der Waals surface area contributed by atoms with Gasteiger partial charge in [0.1, 0.15) is 5.82 Å². The van der Waals surface area contributed by atoms with Gasteiger partial charge in [-0.05, 0) is 31.5 Å². The van der Waals surface area contributed by atoms with Crippen LogP contribution in [0.2, 0.25) is 0 Å². The van der Waals surface area contributed by atoms with Gasteiger partial charge in [0.25, 0.3) is 0 Å². The van der Waals surface area contributed by atoms with Gasteiger partial charge in [0.2, 0.25) is 5.91 Å². The fraction of sp³-hybridized carbons (Fsp3) is 0.500. The smallest absolute Gasteiger partial charge is 0.244 e. The van der Waals surface area contributed by atoms with E-state index >= 15 is 0 Å². The number of anilines is 2. The molecule has 2 N–H and O–H groups in total. The Bertz CT molecular complexity index is 431. The molecule has 2 saturated heterocycles. The molecule has 5 heteroatoms. The standard InChI is InChI=1S/C12H16N4O/c13-11-4-3-9(8-14-11)16-7-6-15-5-1-2-10(15)12(16)17/h3-4,8,10H,1-2,5-7H2,(H2,13,14)/t10-/m1/s1. The molecule has 90 valence electrons. The van der Waals surface area contributed by atoms with Crippen LogP contribution in [0.4, 0.5) is 11.5 Å². The summed E-state index contributed by atoms with van der Waals surface area (Å²) in [7, 11) is 0. The number of nitrogens with two attached hydrogens (primary N) is 1. The zero-order valence-electron chi connectivity index (χ0n) is 9.67. The molecule has 17 heavy (non-hydrogen) atoms. The molecule has 0 spiro atoms. The minimum Gasteiger partial charge on any atom is -0.384 e. The SMILES string of the molecule is Nc1ccc(N2CCN3CCC[C@@H]3C2=O)cn1. The third-order valence-electron chi connectivity index (χ3n) is 3.61. The van der Waals surface area contributed by atoms with E-state index in [1.54, 1.807) is 12.3 Å². The molecule has 1 amide bonds. The highest BCUT2D eigenvalue weighted by Gasteiger charge is 2.38. The Balaban J connectivity index is 1.84. The van der Waals surface area contributed by atoms with Crippen LogP contribution >= 0.6 is 0 Å². The van der Waals surface area contributed by atoms with E-state index in [1.165, 1.54) is 0 Å². The summed E-state index contributed by atoms with van der Waals surface area (Å²) in [6, 6.07) is 3.69. The van der Waals surface area contributed by atoms with E-state index in [-0.39, 0.29) is 11.9 Å². The molecular formula is C12H16N4O. The van der Waals surface area contributed by atoms with E-state index in [0.717, 1.165) is 38.2 Å². The first-order valence-electron chi connectivity index (χ1n) is 6.02.